The third-order valence-electron chi connectivity index (χ3n) is 6.28. The molecule has 8 nitrogen and oxygen atoms in total. The summed E-state index contributed by atoms with van der Waals surface area (Å²) in [6.07, 6.45) is 5.60. The Labute approximate surface area is 267 Å². The second-order valence-corrected chi connectivity index (χ2v) is 9.85. The molecular formula is C34H34N4O4Pt. The molecule has 0 saturated heterocycles. The van der Waals surface area contributed by atoms with Crippen LogP contribution in [0.2, 0.25) is 0 Å². The first kappa shape index (κ1) is 35.1. The summed E-state index contributed by atoms with van der Waals surface area (Å²) < 4.78 is 0. The predicted molar refractivity (Wildman–Crippen MR) is 164 cm³/mol. The van der Waals surface area contributed by atoms with Crippen molar-refractivity contribution >= 4 is 29.8 Å². The molecule has 4 aromatic rings. The molecule has 0 unspecified atom stereocenters. The van der Waals surface area contributed by atoms with Gasteiger partial charge in [0.15, 0.2) is 0 Å². The van der Waals surface area contributed by atoms with Crippen LogP contribution in [-0.2, 0) is 50.0 Å². The van der Waals surface area contributed by atoms with E-state index in [4.69, 9.17) is 0 Å². The molecule has 0 fully saturated rings. The van der Waals surface area contributed by atoms with Crippen molar-refractivity contribution in [3.05, 3.63) is 101 Å². The summed E-state index contributed by atoms with van der Waals surface area (Å²) in [4.78, 5) is 55.3. The monoisotopic (exact) mass is 757 g/mol. The van der Waals surface area contributed by atoms with Crippen LogP contribution in [-0.4, -0.2) is 55.2 Å². The van der Waals surface area contributed by atoms with Crippen LogP contribution in [0, 0.1) is 12.1 Å². The average molecular weight is 758 g/mol. The van der Waals surface area contributed by atoms with E-state index in [1.165, 1.54) is 13.8 Å². The van der Waals surface area contributed by atoms with Crippen LogP contribution in [0.1, 0.15) is 51.3 Å². The third-order valence-corrected chi connectivity index (χ3v) is 6.28. The summed E-state index contributed by atoms with van der Waals surface area (Å²) >= 11 is 0. The van der Waals surface area contributed by atoms with E-state index >= 15 is 0 Å². The normalized spacial score (nSPS) is 10.1. The molecular weight excluding hydrogens is 723 g/mol. The molecule has 0 spiro atoms. The minimum Gasteiger partial charge on any atom is -0.378 e. The average Bonchev–Trinajstić information content (AvgIpc) is 2.98. The number of carbonyl (C=O) groups is 4. The fourth-order valence-corrected chi connectivity index (χ4v) is 4.12. The minimum atomic E-state index is -0.0737. The quantitative estimate of drug-likeness (QED) is 0.133. The minimum absolute atomic E-state index is 0. The van der Waals surface area contributed by atoms with Gasteiger partial charge >= 0.3 is 21.1 Å². The van der Waals surface area contributed by atoms with Crippen molar-refractivity contribution in [1.82, 2.24) is 15.3 Å². The molecule has 0 saturated carbocycles. The first-order chi connectivity index (χ1) is 20.1. The molecule has 9 heteroatoms. The van der Waals surface area contributed by atoms with Gasteiger partial charge in [-0.25, -0.2) is 0 Å². The fraction of sp³-hybridized carbons (Fsp3) is 0.235. The summed E-state index contributed by atoms with van der Waals surface area (Å²) in [5.41, 5.74) is 7.59. The van der Waals surface area contributed by atoms with Gasteiger partial charge in [0.2, 0.25) is 0 Å². The molecule has 2 aromatic heterocycles. The van der Waals surface area contributed by atoms with Crippen molar-refractivity contribution in [2.45, 2.75) is 33.2 Å². The summed E-state index contributed by atoms with van der Waals surface area (Å²) in [5.74, 6) is -0.114. The number of hydrogen-bond donors (Lipinski definition) is 1. The number of nitrogens with one attached hydrogen (secondary N) is 1. The summed E-state index contributed by atoms with van der Waals surface area (Å²) in [6, 6.07) is 21.0. The van der Waals surface area contributed by atoms with E-state index < -0.39 is 0 Å². The molecule has 0 bridgehead atoms. The van der Waals surface area contributed by atoms with Crippen molar-refractivity contribution in [2.24, 2.45) is 0 Å². The maximum Gasteiger partial charge on any atom is 2.00 e. The molecule has 0 amide bonds. The van der Waals surface area contributed by atoms with E-state index in [1.54, 1.807) is 30.6 Å². The molecule has 4 rings (SSSR count). The van der Waals surface area contributed by atoms with Gasteiger partial charge < -0.3 is 29.6 Å². The molecule has 0 radical (unpaired) electrons. The number of pyridine rings is 2. The van der Waals surface area contributed by atoms with Crippen molar-refractivity contribution in [3.63, 3.8) is 0 Å². The van der Waals surface area contributed by atoms with Gasteiger partial charge in [0, 0.05) is 57.3 Å². The Hall–Kier alpha value is -4.13. The summed E-state index contributed by atoms with van der Waals surface area (Å²) in [7, 11) is 5.78. The molecule has 2 heterocycles. The number of hydrogen-bond acceptors (Lipinski definition) is 8. The maximum absolute atomic E-state index is 11.6. The smallest absolute Gasteiger partial charge is 0.378 e. The van der Waals surface area contributed by atoms with Crippen LogP contribution in [0.3, 0.4) is 0 Å². The zero-order valence-electron chi connectivity index (χ0n) is 24.8. The van der Waals surface area contributed by atoms with E-state index in [0.717, 1.165) is 58.4 Å². The number of Topliss-reactive ketones (excluding diaryl/α,β-unsaturated/α-hetero) is 2. The number of rotatable bonds is 11. The van der Waals surface area contributed by atoms with E-state index in [1.807, 2.05) is 56.4 Å². The molecule has 0 aliphatic carbocycles. The molecule has 0 atom stereocenters. The zero-order valence-corrected chi connectivity index (χ0v) is 27.1. The number of carbonyl (C=O) groups excluding carboxylic acids is 4. The van der Waals surface area contributed by atoms with Crippen LogP contribution in [0.5, 0.6) is 0 Å². The fourth-order valence-electron chi connectivity index (χ4n) is 4.12. The van der Waals surface area contributed by atoms with Crippen LogP contribution in [0.4, 0.5) is 5.69 Å². The van der Waals surface area contributed by atoms with Crippen LogP contribution in [0.25, 0.3) is 22.5 Å². The largest absolute Gasteiger partial charge is 2.00 e. The molecule has 2 aromatic carbocycles. The van der Waals surface area contributed by atoms with Gasteiger partial charge in [-0.1, -0.05) is 28.8 Å². The molecule has 43 heavy (non-hydrogen) atoms. The van der Waals surface area contributed by atoms with Crippen molar-refractivity contribution in [1.29, 1.82) is 0 Å². The second kappa shape index (κ2) is 17.1. The Kier molecular flexibility index (Phi) is 13.9. The van der Waals surface area contributed by atoms with E-state index in [2.05, 4.69) is 27.4 Å². The second-order valence-electron chi connectivity index (χ2n) is 9.85. The maximum atomic E-state index is 11.6. The van der Waals surface area contributed by atoms with Gasteiger partial charge in [-0.05, 0) is 44.3 Å². The number of aromatic nitrogens is 2. The van der Waals surface area contributed by atoms with Gasteiger partial charge in [-0.2, -0.15) is 0 Å². The predicted octanol–water partition coefficient (Wildman–Crippen LogP) is 4.77. The number of aldehydes is 2. The zero-order chi connectivity index (χ0) is 30.6. The third kappa shape index (κ3) is 10.3. The SMILES string of the molecule is CC(=O)c1cc(CC=O)[c-]c(-c2cc(N(C)C)ccn2)c1.CNCc1ccnc(-c2[c-]c(C(C)=O)cc(CC=O)c2)c1.[Pt+2]. The molecule has 224 valence electrons. The topological polar surface area (TPSA) is 109 Å². The number of ketones is 2. The van der Waals surface area contributed by atoms with E-state index in [-0.39, 0.29) is 45.5 Å². The van der Waals surface area contributed by atoms with Crippen molar-refractivity contribution in [2.75, 3.05) is 26.0 Å². The van der Waals surface area contributed by atoms with Gasteiger partial charge in [-0.3, -0.25) is 9.78 Å². The first-order valence-electron chi connectivity index (χ1n) is 13.4. The Morgan fingerprint density at radius 2 is 1.47 bits per heavy atom. The van der Waals surface area contributed by atoms with Gasteiger partial charge in [0.1, 0.15) is 18.4 Å². The number of nitrogens with zero attached hydrogens (tertiary/aromatic N) is 3. The standard InChI is InChI=1S/2C17H17N2O2.Pt/c1-12(21)14-8-13(5-7-20)9-15(10-14)17-11-16(19(2)3)4-6-18-17;1-12(21)15-7-13(4-6-20)8-16(10-15)17-9-14(11-18-2)3-5-19-17;/h4,6-8,10-11H,5H2,1-3H3;3,5-9,18H,4,11H2,1-2H3;/q2*-1;+2. The summed E-state index contributed by atoms with van der Waals surface area (Å²) in [6.45, 7) is 3.74. The molecule has 1 N–H and O–H groups in total. The molecule has 0 aliphatic rings. The van der Waals surface area contributed by atoms with Crippen LogP contribution < -0.4 is 10.2 Å². The van der Waals surface area contributed by atoms with Crippen LogP contribution >= 0.6 is 0 Å². The Morgan fingerprint density at radius 1 is 0.814 bits per heavy atom. The van der Waals surface area contributed by atoms with E-state index in [9.17, 15) is 19.2 Å². The van der Waals surface area contributed by atoms with Crippen molar-refractivity contribution < 1.29 is 40.2 Å². The molecule has 0 aliphatic heterocycles. The first-order valence-corrected chi connectivity index (χ1v) is 13.4. The summed E-state index contributed by atoms with van der Waals surface area (Å²) in [5, 5.41) is 3.09. The Morgan fingerprint density at radius 3 is 2.07 bits per heavy atom. The van der Waals surface area contributed by atoms with E-state index in [0.29, 0.717) is 16.7 Å². The van der Waals surface area contributed by atoms with Gasteiger partial charge in [0.05, 0.1) is 5.78 Å². The van der Waals surface area contributed by atoms with Gasteiger partial charge in [-0.15, -0.1) is 53.1 Å². The van der Waals surface area contributed by atoms with Crippen LogP contribution in [0.15, 0.2) is 60.9 Å². The Balaban J connectivity index is 0.000000293. The Bertz CT molecular complexity index is 1590. The number of anilines is 1. The van der Waals surface area contributed by atoms with Crippen molar-refractivity contribution in [3.8, 4) is 22.5 Å². The van der Waals surface area contributed by atoms with Gasteiger partial charge in [0.25, 0.3) is 0 Å². The number of benzene rings is 2.